The lowest BCUT2D eigenvalue weighted by Crippen LogP contribution is -2.30. The molecule has 0 spiro atoms. The van der Waals surface area contributed by atoms with Crippen molar-refractivity contribution in [1.29, 1.82) is 0 Å². The third kappa shape index (κ3) is 3.33. The number of methoxy groups -OCH3 is 2. The quantitative estimate of drug-likeness (QED) is 0.583. The monoisotopic (exact) mass is 387 g/mol. The zero-order chi connectivity index (χ0) is 20.4. The number of aliphatic hydroxyl groups excluding tert-OH is 1. The molecule has 1 amide bonds. The van der Waals surface area contributed by atoms with E-state index in [1.54, 1.807) is 19.1 Å². The highest BCUT2D eigenvalue weighted by Crippen LogP contribution is 2.38. The molecule has 0 bridgehead atoms. The fourth-order valence-corrected chi connectivity index (χ4v) is 2.78. The van der Waals surface area contributed by atoms with Gasteiger partial charge in [-0.3, -0.25) is 4.79 Å². The zero-order valence-corrected chi connectivity index (χ0v) is 15.3. The summed E-state index contributed by atoms with van der Waals surface area (Å²) in [5.74, 6) is 2.01. The number of rotatable bonds is 5. The minimum absolute atomic E-state index is 0.0906. The SMILES string of the molecule is C#CC(=O)Nc1cc2ccc(OC3OC(C)=C(OC)C3O)c(OC)c2oc1=O. The standard InChI is InChI=1S/C19H17NO8/c1-5-13(21)20-11-8-10-6-7-12(17(25-4)16(10)28-18(11)23)27-19-14(22)15(24-3)9(2)26-19/h1,6-8,14,19,22H,2-4H3,(H,20,21). The Morgan fingerprint density at radius 1 is 1.32 bits per heavy atom. The Labute approximate surface area is 159 Å². The van der Waals surface area contributed by atoms with Crippen LogP contribution in [0.5, 0.6) is 11.5 Å². The minimum Gasteiger partial charge on any atom is -0.495 e. The van der Waals surface area contributed by atoms with Gasteiger partial charge in [0.1, 0.15) is 11.4 Å². The van der Waals surface area contributed by atoms with E-state index < -0.39 is 23.9 Å². The number of hydrogen-bond donors (Lipinski definition) is 2. The highest BCUT2D eigenvalue weighted by atomic mass is 16.7. The average molecular weight is 387 g/mol. The van der Waals surface area contributed by atoms with Gasteiger partial charge in [-0.1, -0.05) is 0 Å². The number of carbonyl (C=O) groups excluding carboxylic acids is 1. The van der Waals surface area contributed by atoms with Crippen molar-refractivity contribution < 1.29 is 33.3 Å². The molecule has 9 nitrogen and oxygen atoms in total. The van der Waals surface area contributed by atoms with Gasteiger partial charge in [0.15, 0.2) is 23.2 Å². The van der Waals surface area contributed by atoms with E-state index >= 15 is 0 Å². The molecule has 9 heteroatoms. The maximum Gasteiger partial charge on any atom is 0.360 e. The number of fused-ring (bicyclic) bond motifs is 1. The molecule has 3 rings (SSSR count). The maximum atomic E-state index is 12.2. The summed E-state index contributed by atoms with van der Waals surface area (Å²) in [4.78, 5) is 23.5. The van der Waals surface area contributed by atoms with Gasteiger partial charge in [0.05, 0.1) is 14.2 Å². The van der Waals surface area contributed by atoms with Crippen LogP contribution in [-0.2, 0) is 14.3 Å². The van der Waals surface area contributed by atoms with Gasteiger partial charge in [0.25, 0.3) is 12.2 Å². The smallest absolute Gasteiger partial charge is 0.360 e. The lowest BCUT2D eigenvalue weighted by molar-refractivity contribution is -0.111. The summed E-state index contributed by atoms with van der Waals surface area (Å²) in [5.41, 5.74) is -0.832. The number of nitrogens with one attached hydrogen (secondary N) is 1. The summed E-state index contributed by atoms with van der Waals surface area (Å²) < 4.78 is 26.8. The summed E-state index contributed by atoms with van der Waals surface area (Å²) in [6.45, 7) is 1.63. The molecule has 0 aliphatic carbocycles. The maximum absolute atomic E-state index is 12.2. The molecule has 2 N–H and O–H groups in total. The Balaban J connectivity index is 1.97. The van der Waals surface area contributed by atoms with Crippen LogP contribution in [0.2, 0.25) is 0 Å². The first-order valence-electron chi connectivity index (χ1n) is 8.08. The summed E-state index contributed by atoms with van der Waals surface area (Å²) >= 11 is 0. The van der Waals surface area contributed by atoms with E-state index in [-0.39, 0.29) is 28.5 Å². The van der Waals surface area contributed by atoms with Gasteiger partial charge in [0, 0.05) is 5.39 Å². The molecule has 28 heavy (non-hydrogen) atoms. The van der Waals surface area contributed by atoms with Crippen molar-refractivity contribution in [2.24, 2.45) is 0 Å². The van der Waals surface area contributed by atoms with Gasteiger partial charge >= 0.3 is 5.63 Å². The van der Waals surface area contributed by atoms with Crippen LogP contribution in [0, 0.1) is 12.3 Å². The molecule has 0 fully saturated rings. The number of allylic oxidation sites excluding steroid dienone is 1. The number of aliphatic hydroxyl groups is 1. The van der Waals surface area contributed by atoms with Crippen LogP contribution in [0.25, 0.3) is 11.0 Å². The van der Waals surface area contributed by atoms with Crippen molar-refractivity contribution in [3.63, 3.8) is 0 Å². The number of amides is 1. The van der Waals surface area contributed by atoms with Gasteiger partial charge in [0.2, 0.25) is 5.75 Å². The fraction of sp³-hybridized carbons (Fsp3) is 0.263. The van der Waals surface area contributed by atoms with Crippen molar-refractivity contribution in [2.45, 2.75) is 19.3 Å². The average Bonchev–Trinajstić information content (AvgIpc) is 2.94. The number of anilines is 1. The molecule has 0 saturated carbocycles. The van der Waals surface area contributed by atoms with Crippen molar-refractivity contribution >= 4 is 22.6 Å². The lowest BCUT2D eigenvalue weighted by Gasteiger charge is -2.19. The Morgan fingerprint density at radius 2 is 2.07 bits per heavy atom. The van der Waals surface area contributed by atoms with E-state index in [0.717, 1.165) is 0 Å². The van der Waals surface area contributed by atoms with Crippen LogP contribution in [0.15, 0.2) is 38.9 Å². The van der Waals surface area contributed by atoms with E-state index in [2.05, 4.69) is 5.32 Å². The Morgan fingerprint density at radius 3 is 2.68 bits per heavy atom. The van der Waals surface area contributed by atoms with Crippen molar-refractivity contribution in [3.05, 3.63) is 40.1 Å². The number of terminal acetylenes is 1. The zero-order valence-electron chi connectivity index (χ0n) is 15.3. The minimum atomic E-state index is -1.14. The van der Waals surface area contributed by atoms with Crippen LogP contribution in [0.1, 0.15) is 6.92 Å². The highest BCUT2D eigenvalue weighted by Gasteiger charge is 2.37. The third-order valence-electron chi connectivity index (χ3n) is 4.03. The van der Waals surface area contributed by atoms with Crippen LogP contribution < -0.4 is 20.4 Å². The largest absolute Gasteiger partial charge is 0.495 e. The van der Waals surface area contributed by atoms with Crippen molar-refractivity contribution in [2.75, 3.05) is 19.5 Å². The Kier molecular flexibility index (Phi) is 5.15. The van der Waals surface area contributed by atoms with E-state index in [4.69, 9.17) is 29.8 Å². The van der Waals surface area contributed by atoms with E-state index in [0.29, 0.717) is 11.1 Å². The molecule has 1 aromatic heterocycles. The van der Waals surface area contributed by atoms with Gasteiger partial charge < -0.3 is 33.8 Å². The highest BCUT2D eigenvalue weighted by molar-refractivity contribution is 6.04. The van der Waals surface area contributed by atoms with Crippen molar-refractivity contribution in [3.8, 4) is 23.8 Å². The molecule has 1 aliphatic heterocycles. The molecule has 2 heterocycles. The molecule has 2 unspecified atom stereocenters. The van der Waals surface area contributed by atoms with E-state index in [9.17, 15) is 14.7 Å². The van der Waals surface area contributed by atoms with Crippen LogP contribution in [0.4, 0.5) is 5.69 Å². The first-order chi connectivity index (χ1) is 13.4. The predicted molar refractivity (Wildman–Crippen MR) is 97.7 cm³/mol. The molecular weight excluding hydrogens is 370 g/mol. The topological polar surface area (TPSA) is 116 Å². The second-order valence-corrected chi connectivity index (χ2v) is 5.73. The summed E-state index contributed by atoms with van der Waals surface area (Å²) in [6.07, 6.45) is 2.78. The molecular formula is C19H17NO8. The normalized spacial score (nSPS) is 18.4. The van der Waals surface area contributed by atoms with Gasteiger partial charge in [-0.2, -0.15) is 0 Å². The number of hydrogen-bond acceptors (Lipinski definition) is 8. The first kappa shape index (κ1) is 19.1. The Hall–Kier alpha value is -3.64. The molecule has 0 saturated heterocycles. The molecule has 2 aromatic rings. The first-order valence-corrected chi connectivity index (χ1v) is 8.08. The number of ether oxygens (including phenoxy) is 4. The van der Waals surface area contributed by atoms with Crippen LogP contribution >= 0.6 is 0 Å². The lowest BCUT2D eigenvalue weighted by atomic mass is 10.2. The molecule has 0 radical (unpaired) electrons. The van der Waals surface area contributed by atoms with Gasteiger partial charge in [-0.15, -0.1) is 6.42 Å². The van der Waals surface area contributed by atoms with E-state index in [1.807, 2.05) is 5.92 Å². The van der Waals surface area contributed by atoms with Crippen LogP contribution in [-0.4, -0.2) is 37.6 Å². The molecule has 146 valence electrons. The number of benzene rings is 1. The summed E-state index contributed by atoms with van der Waals surface area (Å²) in [7, 11) is 2.78. The van der Waals surface area contributed by atoms with E-state index in [1.165, 1.54) is 20.3 Å². The second-order valence-electron chi connectivity index (χ2n) is 5.73. The Bertz CT molecular complexity index is 1060. The fourth-order valence-electron chi connectivity index (χ4n) is 2.78. The van der Waals surface area contributed by atoms with Crippen LogP contribution in [0.3, 0.4) is 0 Å². The summed E-state index contributed by atoms with van der Waals surface area (Å²) in [5, 5.41) is 13.0. The second kappa shape index (κ2) is 7.54. The molecule has 1 aliphatic rings. The summed E-state index contributed by atoms with van der Waals surface area (Å²) in [6, 6.07) is 4.53. The molecule has 2 atom stereocenters. The van der Waals surface area contributed by atoms with Crippen molar-refractivity contribution in [1.82, 2.24) is 0 Å². The number of carbonyl (C=O) groups is 1. The van der Waals surface area contributed by atoms with Gasteiger partial charge in [-0.25, -0.2) is 4.79 Å². The third-order valence-corrected chi connectivity index (χ3v) is 4.03. The molecule has 1 aromatic carbocycles. The predicted octanol–water partition coefficient (Wildman–Crippen LogP) is 1.35. The van der Waals surface area contributed by atoms with Gasteiger partial charge in [-0.05, 0) is 31.0 Å².